The van der Waals surface area contributed by atoms with Crippen LogP contribution >= 0.6 is 11.3 Å². The van der Waals surface area contributed by atoms with E-state index >= 15 is 0 Å². The summed E-state index contributed by atoms with van der Waals surface area (Å²) < 4.78 is 5.52. The van der Waals surface area contributed by atoms with Crippen molar-refractivity contribution in [1.82, 2.24) is 5.32 Å². The largest absolute Gasteiger partial charge is 0.493 e. The molecule has 3 rings (SSSR count). The lowest BCUT2D eigenvalue weighted by molar-refractivity contribution is 0.357. The number of benzene rings is 1. The lowest BCUT2D eigenvalue weighted by Crippen LogP contribution is -2.11. The van der Waals surface area contributed by atoms with Crippen molar-refractivity contribution in [3.8, 4) is 5.75 Å². The fraction of sp³-hybridized carbons (Fsp3) is 0.375. The summed E-state index contributed by atoms with van der Waals surface area (Å²) in [5, 5.41) is 3.52. The first-order valence-electron chi connectivity index (χ1n) is 6.73. The molecule has 1 N–H and O–H groups in total. The van der Waals surface area contributed by atoms with Gasteiger partial charge in [-0.05, 0) is 42.7 Å². The highest BCUT2D eigenvalue weighted by Gasteiger charge is 2.11. The second kappa shape index (κ2) is 5.35. The molecule has 2 heterocycles. The summed E-state index contributed by atoms with van der Waals surface area (Å²) in [6.45, 7) is 7.07. The molecular weight excluding hydrogens is 254 g/mol. The average Bonchev–Trinajstić information content (AvgIpc) is 2.96. The molecule has 0 atom stereocenters. The van der Waals surface area contributed by atoms with Crippen molar-refractivity contribution in [2.75, 3.05) is 6.61 Å². The van der Waals surface area contributed by atoms with Gasteiger partial charge in [-0.1, -0.05) is 12.1 Å². The Morgan fingerprint density at radius 3 is 2.89 bits per heavy atom. The number of fused-ring (bicyclic) bond motifs is 1. The van der Waals surface area contributed by atoms with Crippen molar-refractivity contribution in [1.29, 1.82) is 0 Å². The SMILES string of the molecule is Cc1cc(CNCc2ccc3c(c2)CCO3)sc1C. The molecule has 0 radical (unpaired) electrons. The maximum atomic E-state index is 5.52. The van der Waals surface area contributed by atoms with Crippen LogP contribution in [0.15, 0.2) is 24.3 Å². The topological polar surface area (TPSA) is 21.3 Å². The fourth-order valence-corrected chi connectivity index (χ4v) is 3.44. The lowest BCUT2D eigenvalue weighted by atomic mass is 10.1. The fourth-order valence-electron chi connectivity index (χ4n) is 2.42. The van der Waals surface area contributed by atoms with Gasteiger partial charge < -0.3 is 10.1 Å². The standard InChI is InChI=1S/C16H19NOS/c1-11-7-15(19-12(11)2)10-17-9-13-3-4-16-14(8-13)5-6-18-16/h3-4,7-8,17H,5-6,9-10H2,1-2H3. The molecule has 0 saturated heterocycles. The lowest BCUT2D eigenvalue weighted by Gasteiger charge is -2.05. The molecule has 2 aromatic rings. The number of rotatable bonds is 4. The third-order valence-electron chi connectivity index (χ3n) is 3.60. The Bertz CT molecular complexity index is 569. The summed E-state index contributed by atoms with van der Waals surface area (Å²) in [5.41, 5.74) is 4.09. The van der Waals surface area contributed by atoms with Crippen LogP contribution < -0.4 is 10.1 Å². The maximum Gasteiger partial charge on any atom is 0.122 e. The molecule has 1 aliphatic heterocycles. The van der Waals surface area contributed by atoms with E-state index in [9.17, 15) is 0 Å². The first-order valence-corrected chi connectivity index (χ1v) is 7.55. The highest BCUT2D eigenvalue weighted by atomic mass is 32.1. The van der Waals surface area contributed by atoms with Crippen molar-refractivity contribution in [3.63, 3.8) is 0 Å². The van der Waals surface area contributed by atoms with E-state index in [1.54, 1.807) is 0 Å². The maximum absolute atomic E-state index is 5.52. The van der Waals surface area contributed by atoms with Crippen LogP contribution in [0, 0.1) is 13.8 Å². The monoisotopic (exact) mass is 273 g/mol. The Morgan fingerprint density at radius 1 is 1.21 bits per heavy atom. The third kappa shape index (κ3) is 2.82. The third-order valence-corrected chi connectivity index (χ3v) is 4.75. The van der Waals surface area contributed by atoms with E-state index in [1.807, 2.05) is 11.3 Å². The quantitative estimate of drug-likeness (QED) is 0.919. The summed E-state index contributed by atoms with van der Waals surface area (Å²) in [5.74, 6) is 1.06. The summed E-state index contributed by atoms with van der Waals surface area (Å²) in [4.78, 5) is 2.84. The van der Waals surface area contributed by atoms with Crippen LogP contribution in [0.25, 0.3) is 0 Å². The number of hydrogen-bond acceptors (Lipinski definition) is 3. The molecule has 0 unspecified atom stereocenters. The van der Waals surface area contributed by atoms with Crippen LogP contribution in [0.4, 0.5) is 0 Å². The van der Waals surface area contributed by atoms with Crippen LogP contribution in [0.3, 0.4) is 0 Å². The zero-order valence-electron chi connectivity index (χ0n) is 11.5. The molecule has 0 amide bonds. The van der Waals surface area contributed by atoms with E-state index < -0.39 is 0 Å². The van der Waals surface area contributed by atoms with E-state index in [-0.39, 0.29) is 0 Å². The van der Waals surface area contributed by atoms with Gasteiger partial charge in [0.15, 0.2) is 0 Å². The molecule has 19 heavy (non-hydrogen) atoms. The van der Waals surface area contributed by atoms with Gasteiger partial charge in [0.05, 0.1) is 6.61 Å². The van der Waals surface area contributed by atoms with Crippen LogP contribution in [0.5, 0.6) is 5.75 Å². The van der Waals surface area contributed by atoms with E-state index in [1.165, 1.54) is 26.4 Å². The Kier molecular flexibility index (Phi) is 3.58. The van der Waals surface area contributed by atoms with Crippen molar-refractivity contribution in [2.45, 2.75) is 33.4 Å². The number of thiophene rings is 1. The summed E-state index contributed by atoms with van der Waals surface area (Å²) in [6, 6.07) is 8.80. The number of nitrogens with one attached hydrogen (secondary N) is 1. The van der Waals surface area contributed by atoms with E-state index in [4.69, 9.17) is 4.74 Å². The van der Waals surface area contributed by atoms with E-state index in [2.05, 4.69) is 43.4 Å². The minimum Gasteiger partial charge on any atom is -0.493 e. The van der Waals surface area contributed by atoms with Gasteiger partial charge in [-0.15, -0.1) is 11.3 Å². The summed E-state index contributed by atoms with van der Waals surface area (Å²) >= 11 is 1.89. The molecule has 1 aromatic heterocycles. The van der Waals surface area contributed by atoms with Crippen LogP contribution in [0.1, 0.15) is 26.4 Å². The van der Waals surface area contributed by atoms with Gasteiger partial charge in [-0.2, -0.15) is 0 Å². The predicted octanol–water partition coefficient (Wildman–Crippen LogP) is 3.59. The molecule has 0 bridgehead atoms. The van der Waals surface area contributed by atoms with Crippen LogP contribution in [0.2, 0.25) is 0 Å². The van der Waals surface area contributed by atoms with Gasteiger partial charge in [0, 0.05) is 29.3 Å². The number of aryl methyl sites for hydroxylation is 2. The Labute approximate surface area is 118 Å². The van der Waals surface area contributed by atoms with Gasteiger partial charge >= 0.3 is 0 Å². The number of ether oxygens (including phenoxy) is 1. The smallest absolute Gasteiger partial charge is 0.122 e. The zero-order chi connectivity index (χ0) is 13.2. The van der Waals surface area contributed by atoms with E-state index in [0.29, 0.717) is 0 Å². The highest BCUT2D eigenvalue weighted by Crippen LogP contribution is 2.26. The van der Waals surface area contributed by atoms with Gasteiger partial charge in [0.1, 0.15) is 5.75 Å². The molecule has 0 aliphatic carbocycles. The molecular formula is C16H19NOS. The van der Waals surface area contributed by atoms with Gasteiger partial charge in [0.25, 0.3) is 0 Å². The molecule has 2 nitrogen and oxygen atoms in total. The molecule has 0 saturated carbocycles. The Hall–Kier alpha value is -1.32. The average molecular weight is 273 g/mol. The Balaban J connectivity index is 1.57. The first kappa shape index (κ1) is 12.7. The minimum atomic E-state index is 0.833. The molecule has 100 valence electrons. The van der Waals surface area contributed by atoms with Crippen molar-refractivity contribution in [3.05, 3.63) is 50.7 Å². The van der Waals surface area contributed by atoms with Crippen molar-refractivity contribution < 1.29 is 4.74 Å². The highest BCUT2D eigenvalue weighted by molar-refractivity contribution is 7.12. The summed E-state index contributed by atoms with van der Waals surface area (Å²) in [7, 11) is 0. The van der Waals surface area contributed by atoms with Gasteiger partial charge in [-0.3, -0.25) is 0 Å². The van der Waals surface area contributed by atoms with Gasteiger partial charge in [-0.25, -0.2) is 0 Å². The number of hydrogen-bond donors (Lipinski definition) is 1. The second-order valence-corrected chi connectivity index (χ2v) is 6.44. The predicted molar refractivity (Wildman–Crippen MR) is 80.0 cm³/mol. The summed E-state index contributed by atoms with van der Waals surface area (Å²) in [6.07, 6.45) is 1.05. The van der Waals surface area contributed by atoms with Crippen LogP contribution in [-0.2, 0) is 19.5 Å². The molecule has 1 aromatic carbocycles. The van der Waals surface area contributed by atoms with Gasteiger partial charge in [0.2, 0.25) is 0 Å². The molecule has 3 heteroatoms. The van der Waals surface area contributed by atoms with Crippen LogP contribution in [-0.4, -0.2) is 6.61 Å². The second-order valence-electron chi connectivity index (χ2n) is 5.10. The normalized spacial score (nSPS) is 13.4. The molecule has 0 spiro atoms. The zero-order valence-corrected chi connectivity index (χ0v) is 12.3. The Morgan fingerprint density at radius 2 is 2.11 bits per heavy atom. The molecule has 1 aliphatic rings. The van der Waals surface area contributed by atoms with Crippen molar-refractivity contribution in [2.24, 2.45) is 0 Å². The first-order chi connectivity index (χ1) is 9.22. The minimum absolute atomic E-state index is 0.833. The molecule has 0 fully saturated rings. The van der Waals surface area contributed by atoms with E-state index in [0.717, 1.165) is 31.9 Å². The van der Waals surface area contributed by atoms with Crippen molar-refractivity contribution >= 4 is 11.3 Å².